The molecule has 0 heterocycles. The second kappa shape index (κ2) is 9.55. The molecule has 0 aliphatic rings. The van der Waals surface area contributed by atoms with Gasteiger partial charge in [-0.05, 0) is 45.0 Å². The highest BCUT2D eigenvalue weighted by Crippen LogP contribution is 2.18. The zero-order chi connectivity index (χ0) is 19.3. The van der Waals surface area contributed by atoms with Crippen molar-refractivity contribution >= 4 is 21.6 Å². The molecule has 6 heteroatoms. The zero-order valence-corrected chi connectivity index (χ0v) is 16.9. The molecule has 0 radical (unpaired) electrons. The van der Waals surface area contributed by atoms with Crippen LogP contribution in [0.1, 0.15) is 24.5 Å². The van der Waals surface area contributed by atoms with Crippen LogP contribution in [0.25, 0.3) is 0 Å². The van der Waals surface area contributed by atoms with E-state index >= 15 is 0 Å². The molecule has 2 rings (SSSR count). The van der Waals surface area contributed by atoms with Gasteiger partial charge in [0.2, 0.25) is 0 Å². The van der Waals surface area contributed by atoms with E-state index in [1.165, 1.54) is 0 Å². The second-order valence-corrected chi connectivity index (χ2v) is 9.90. The van der Waals surface area contributed by atoms with E-state index in [4.69, 9.17) is 0 Å². The SMILES string of the molecule is Cc1ccc(S(=O)C[C@@H](O)C[C@@H](O)[C@H](C)S(=O)c2ccc(C)cc2)cc1. The van der Waals surface area contributed by atoms with Gasteiger partial charge in [-0.3, -0.25) is 8.42 Å². The maximum Gasteiger partial charge on any atom is 0.0709 e. The minimum Gasteiger partial charge on any atom is -0.392 e. The molecular formula is C20H26O4S2. The number of aryl methyl sites for hydroxylation is 2. The van der Waals surface area contributed by atoms with E-state index < -0.39 is 39.1 Å². The molecular weight excluding hydrogens is 368 g/mol. The van der Waals surface area contributed by atoms with Crippen LogP contribution in [0.3, 0.4) is 0 Å². The number of hydrogen-bond donors (Lipinski definition) is 2. The fourth-order valence-corrected chi connectivity index (χ4v) is 4.88. The third kappa shape index (κ3) is 5.84. The number of benzene rings is 2. The summed E-state index contributed by atoms with van der Waals surface area (Å²) in [6.07, 6.45) is -1.83. The van der Waals surface area contributed by atoms with Crippen molar-refractivity contribution in [1.29, 1.82) is 0 Å². The highest BCUT2D eigenvalue weighted by atomic mass is 32.2. The van der Waals surface area contributed by atoms with Gasteiger partial charge in [-0.2, -0.15) is 0 Å². The molecule has 2 aromatic carbocycles. The lowest BCUT2D eigenvalue weighted by molar-refractivity contribution is 0.0927. The van der Waals surface area contributed by atoms with Gasteiger partial charge in [0.25, 0.3) is 0 Å². The fourth-order valence-electron chi connectivity index (χ4n) is 2.53. The Kier molecular flexibility index (Phi) is 7.70. The van der Waals surface area contributed by atoms with Crippen LogP contribution in [0.4, 0.5) is 0 Å². The van der Waals surface area contributed by atoms with Crippen molar-refractivity contribution in [2.75, 3.05) is 5.75 Å². The Hall–Kier alpha value is -1.34. The number of hydrogen-bond acceptors (Lipinski definition) is 4. The molecule has 2 unspecified atom stereocenters. The number of aliphatic hydroxyl groups excluding tert-OH is 2. The predicted molar refractivity (Wildman–Crippen MR) is 106 cm³/mol. The quantitative estimate of drug-likeness (QED) is 0.722. The van der Waals surface area contributed by atoms with Crippen molar-refractivity contribution in [3.05, 3.63) is 59.7 Å². The van der Waals surface area contributed by atoms with Crippen molar-refractivity contribution in [1.82, 2.24) is 0 Å². The number of rotatable bonds is 8. The largest absolute Gasteiger partial charge is 0.392 e. The molecule has 0 bridgehead atoms. The molecule has 2 aromatic rings. The standard InChI is InChI=1S/C20H26O4S2/c1-14-4-8-18(9-5-14)25(23)13-17(21)12-20(22)16(3)26(24)19-10-6-15(2)7-11-19/h4-11,16-17,20-22H,12-13H2,1-3H3/t16-,17-,20+,25?,26?/m0/s1. The van der Waals surface area contributed by atoms with Crippen LogP contribution in [-0.2, 0) is 21.6 Å². The fraction of sp³-hybridized carbons (Fsp3) is 0.400. The summed E-state index contributed by atoms with van der Waals surface area (Å²) in [5.74, 6) is 0.0456. The smallest absolute Gasteiger partial charge is 0.0709 e. The van der Waals surface area contributed by atoms with Crippen molar-refractivity contribution in [2.45, 2.75) is 54.4 Å². The predicted octanol–water partition coefficient (Wildman–Crippen LogP) is 2.72. The van der Waals surface area contributed by atoms with Crippen LogP contribution < -0.4 is 0 Å². The lowest BCUT2D eigenvalue weighted by Gasteiger charge is -2.21. The second-order valence-electron chi connectivity index (χ2n) is 6.60. The van der Waals surface area contributed by atoms with Gasteiger partial charge in [-0.1, -0.05) is 35.4 Å². The first kappa shape index (κ1) is 21.0. The summed E-state index contributed by atoms with van der Waals surface area (Å²) in [6, 6.07) is 14.7. The van der Waals surface area contributed by atoms with E-state index in [-0.39, 0.29) is 12.2 Å². The van der Waals surface area contributed by atoms with Crippen LogP contribution in [0.5, 0.6) is 0 Å². The lowest BCUT2D eigenvalue weighted by Crippen LogP contribution is -2.33. The Balaban J connectivity index is 1.91. The highest BCUT2D eigenvalue weighted by molar-refractivity contribution is 7.85. The summed E-state index contributed by atoms with van der Waals surface area (Å²) in [4.78, 5) is 1.31. The first-order chi connectivity index (χ1) is 12.3. The van der Waals surface area contributed by atoms with Crippen LogP contribution in [0, 0.1) is 13.8 Å². The molecule has 0 fully saturated rings. The van der Waals surface area contributed by atoms with Gasteiger partial charge in [0.05, 0.1) is 44.8 Å². The first-order valence-electron chi connectivity index (χ1n) is 8.56. The summed E-state index contributed by atoms with van der Waals surface area (Å²) in [5, 5.41) is 20.0. The average Bonchev–Trinajstić information content (AvgIpc) is 2.61. The van der Waals surface area contributed by atoms with Crippen LogP contribution in [0.15, 0.2) is 58.3 Å². The Morgan fingerprint density at radius 1 is 0.846 bits per heavy atom. The minimum absolute atomic E-state index is 0.0381. The molecule has 0 saturated heterocycles. The van der Waals surface area contributed by atoms with Crippen LogP contribution >= 0.6 is 0 Å². The van der Waals surface area contributed by atoms with Crippen molar-refractivity contribution < 1.29 is 18.6 Å². The van der Waals surface area contributed by atoms with Gasteiger partial charge in [0, 0.05) is 16.2 Å². The molecule has 4 nitrogen and oxygen atoms in total. The van der Waals surface area contributed by atoms with Gasteiger partial charge in [-0.15, -0.1) is 0 Å². The molecule has 26 heavy (non-hydrogen) atoms. The summed E-state index contributed by atoms with van der Waals surface area (Å²) >= 11 is 0. The van der Waals surface area contributed by atoms with Crippen molar-refractivity contribution in [3.63, 3.8) is 0 Å². The molecule has 142 valence electrons. The minimum atomic E-state index is -1.37. The maximum absolute atomic E-state index is 12.6. The van der Waals surface area contributed by atoms with E-state index in [0.717, 1.165) is 11.1 Å². The third-order valence-electron chi connectivity index (χ3n) is 4.27. The lowest BCUT2D eigenvalue weighted by atomic mass is 10.1. The first-order valence-corrected chi connectivity index (χ1v) is 11.1. The molecule has 0 amide bonds. The monoisotopic (exact) mass is 394 g/mol. The Bertz CT molecular complexity index is 756. The highest BCUT2D eigenvalue weighted by Gasteiger charge is 2.25. The Labute approximate surface area is 160 Å². The van der Waals surface area contributed by atoms with Gasteiger partial charge < -0.3 is 10.2 Å². The topological polar surface area (TPSA) is 74.6 Å². The van der Waals surface area contributed by atoms with E-state index in [1.807, 2.05) is 38.1 Å². The molecule has 0 aromatic heterocycles. The summed E-state index contributed by atoms with van der Waals surface area (Å²) in [7, 11) is -2.71. The Morgan fingerprint density at radius 3 is 1.81 bits per heavy atom. The summed E-state index contributed by atoms with van der Waals surface area (Å²) in [6.45, 7) is 5.60. The Morgan fingerprint density at radius 2 is 1.31 bits per heavy atom. The van der Waals surface area contributed by atoms with Gasteiger partial charge >= 0.3 is 0 Å². The van der Waals surface area contributed by atoms with E-state index in [1.54, 1.807) is 31.2 Å². The van der Waals surface area contributed by atoms with Gasteiger partial charge in [0.15, 0.2) is 0 Å². The molecule has 0 aliphatic carbocycles. The van der Waals surface area contributed by atoms with Crippen LogP contribution in [-0.4, -0.2) is 41.8 Å². The number of aliphatic hydroxyl groups is 2. The third-order valence-corrected chi connectivity index (χ3v) is 7.49. The summed E-state index contributed by atoms with van der Waals surface area (Å²) < 4.78 is 24.9. The van der Waals surface area contributed by atoms with E-state index in [9.17, 15) is 18.6 Å². The van der Waals surface area contributed by atoms with Crippen LogP contribution in [0.2, 0.25) is 0 Å². The maximum atomic E-state index is 12.6. The average molecular weight is 395 g/mol. The molecule has 5 atom stereocenters. The van der Waals surface area contributed by atoms with Crippen molar-refractivity contribution in [3.8, 4) is 0 Å². The van der Waals surface area contributed by atoms with Gasteiger partial charge in [0.1, 0.15) is 0 Å². The molecule has 0 saturated carbocycles. The summed E-state index contributed by atoms with van der Waals surface area (Å²) in [5.41, 5.74) is 2.15. The van der Waals surface area contributed by atoms with E-state index in [2.05, 4.69) is 0 Å². The normalized spacial score (nSPS) is 17.3. The van der Waals surface area contributed by atoms with E-state index in [0.29, 0.717) is 9.79 Å². The van der Waals surface area contributed by atoms with Gasteiger partial charge in [-0.25, -0.2) is 0 Å². The van der Waals surface area contributed by atoms with Crippen molar-refractivity contribution in [2.24, 2.45) is 0 Å². The molecule has 0 spiro atoms. The molecule has 0 aliphatic heterocycles. The zero-order valence-electron chi connectivity index (χ0n) is 15.3. The molecule has 2 N–H and O–H groups in total.